The predicted molar refractivity (Wildman–Crippen MR) is 99.6 cm³/mol. The molecule has 1 heterocycles. The van der Waals surface area contributed by atoms with Crippen LogP contribution in [-0.2, 0) is 4.74 Å². The Kier molecular flexibility index (Phi) is 11.5. The van der Waals surface area contributed by atoms with E-state index in [4.69, 9.17) is 0 Å². The van der Waals surface area contributed by atoms with Gasteiger partial charge in [-0.2, -0.15) is 149 Å². The summed E-state index contributed by atoms with van der Waals surface area (Å²) in [5.74, 6) is -136. The quantitative estimate of drug-likeness (QED) is 0.111. The molecule has 1 rings (SSSR count). The van der Waals surface area contributed by atoms with E-state index in [2.05, 4.69) is 4.74 Å². The number of hydrogen-bond donors (Lipinski definition) is 0. The summed E-state index contributed by atoms with van der Waals surface area (Å²) in [6.45, 7) is -1.19. The fourth-order valence-corrected chi connectivity index (χ4v) is 3.73. The second-order valence-electron chi connectivity index (χ2n) is 11.0. The lowest BCUT2D eigenvalue weighted by Crippen LogP contribution is -2.80. The topological polar surface area (TPSA) is 12.5 Å². The summed E-state index contributed by atoms with van der Waals surface area (Å²) in [7, 11) is 0. The minimum absolute atomic E-state index is 1.19. The van der Waals surface area contributed by atoms with Crippen LogP contribution in [0.3, 0.4) is 0 Å². The average molecular weight is 926 g/mol. The molecule has 1 unspecified atom stereocenters. The highest BCUT2D eigenvalue weighted by molar-refractivity contribution is 5.23. The van der Waals surface area contributed by atoms with Gasteiger partial charge in [0.25, 0.3) is 0 Å². The maximum absolute atomic E-state index is 13.9. The van der Waals surface area contributed by atoms with Gasteiger partial charge in [0.05, 0.1) is 12.7 Å². The van der Waals surface area contributed by atoms with E-state index in [1.165, 1.54) is 0 Å². The third kappa shape index (κ3) is 5.88. The Morgan fingerprint density at radius 1 is 0.268 bits per heavy atom. The third-order valence-corrected chi connectivity index (χ3v) is 7.29. The van der Waals surface area contributed by atoms with Gasteiger partial charge in [0, 0.05) is 6.42 Å². The van der Waals surface area contributed by atoms with Gasteiger partial charge in [-0.05, 0) is 0 Å². The molecule has 1 atom stereocenters. The summed E-state index contributed by atoms with van der Waals surface area (Å²) in [6, 6.07) is 0. The second-order valence-corrected chi connectivity index (χ2v) is 11.0. The van der Waals surface area contributed by atoms with Crippen molar-refractivity contribution in [2.75, 3.05) is 6.61 Å². The summed E-state index contributed by atoms with van der Waals surface area (Å²) in [6.07, 6.45) is -23.2. The predicted octanol–water partition coefficient (Wildman–Crippen LogP) is 11.5. The van der Waals surface area contributed by atoms with Gasteiger partial charge in [-0.15, -0.1) is 0 Å². The zero-order chi connectivity index (χ0) is 46.2. The smallest absolute Gasteiger partial charge is 0.373 e. The molecule has 0 aliphatic carbocycles. The molecule has 1 saturated heterocycles. The molecule has 0 saturated carbocycles. The van der Waals surface area contributed by atoms with Crippen molar-refractivity contribution in [2.24, 2.45) is 0 Å². The number of epoxide rings is 1. The second kappa shape index (κ2) is 12.5. The molecule has 36 heteroatoms. The normalized spacial score (nSPS) is 19.4. The summed E-state index contributed by atoms with van der Waals surface area (Å²) < 4.78 is 479. The van der Waals surface area contributed by atoms with E-state index in [0.717, 1.165) is 0 Å². The van der Waals surface area contributed by atoms with Crippen LogP contribution in [0, 0.1) is 0 Å². The first-order chi connectivity index (χ1) is 23.6. The molecular weight excluding hydrogens is 921 g/mol. The molecule has 336 valence electrons. The van der Waals surface area contributed by atoms with Crippen molar-refractivity contribution in [1.29, 1.82) is 0 Å². The van der Waals surface area contributed by atoms with E-state index in [1.54, 1.807) is 0 Å². The van der Waals surface area contributed by atoms with Gasteiger partial charge in [-0.3, -0.25) is 0 Å². The molecule has 1 fully saturated rings. The minimum Gasteiger partial charge on any atom is -0.373 e. The maximum Gasteiger partial charge on any atom is 0.438 e. The Balaban J connectivity index is 4.06. The number of ether oxygens (including phenoxy) is 1. The molecular formula is C20H5F35O. The minimum atomic E-state index is -10.3. The van der Waals surface area contributed by atoms with Crippen molar-refractivity contribution in [3.8, 4) is 0 Å². The summed E-state index contributed by atoms with van der Waals surface area (Å²) in [5.41, 5.74) is -9.46. The Labute approximate surface area is 280 Å². The van der Waals surface area contributed by atoms with Crippen molar-refractivity contribution >= 4 is 0 Å². The van der Waals surface area contributed by atoms with Crippen LogP contribution in [-0.4, -0.2) is 114 Å². The molecule has 0 amide bonds. The standard InChI is InChI=1S/C20H5F35O/c21-4(22,1-3-2-56-3)6(24,25)8(28,29)10(32,33)12(36,37)14(40,41)16(44,45)18(48,49)17(46,47)15(42,43)13(38,39)11(34,35)9(30,31)7(26,27)5(23,19(50,51)52)20(53,54)55/h3H,1-2H2. The fourth-order valence-electron chi connectivity index (χ4n) is 3.73. The molecule has 1 aliphatic heterocycles. The Bertz CT molecular complexity index is 1420. The van der Waals surface area contributed by atoms with Crippen molar-refractivity contribution in [2.45, 2.75) is 113 Å². The Morgan fingerprint density at radius 2 is 0.429 bits per heavy atom. The number of halogens is 35. The number of alkyl halides is 35. The summed E-state index contributed by atoms with van der Waals surface area (Å²) >= 11 is 0. The lowest BCUT2D eigenvalue weighted by Gasteiger charge is -2.47. The molecule has 0 aromatic rings. The average Bonchev–Trinajstić information content (AvgIpc) is 3.77. The van der Waals surface area contributed by atoms with Crippen LogP contribution >= 0.6 is 0 Å². The van der Waals surface area contributed by atoms with Gasteiger partial charge < -0.3 is 4.74 Å². The van der Waals surface area contributed by atoms with E-state index in [1.807, 2.05) is 0 Å². The van der Waals surface area contributed by atoms with Crippen LogP contribution < -0.4 is 0 Å². The molecule has 0 N–H and O–H groups in total. The fraction of sp³-hybridized carbons (Fsp3) is 1.00. The van der Waals surface area contributed by atoms with Crippen LogP contribution in [0.15, 0.2) is 0 Å². The lowest BCUT2D eigenvalue weighted by atomic mass is 9.81. The Morgan fingerprint density at radius 3 is 0.589 bits per heavy atom. The highest BCUT2D eigenvalue weighted by atomic mass is 19.4. The van der Waals surface area contributed by atoms with Gasteiger partial charge in [-0.1, -0.05) is 0 Å². The maximum atomic E-state index is 13.9. The van der Waals surface area contributed by atoms with Crippen LogP contribution in [0.4, 0.5) is 154 Å². The van der Waals surface area contributed by atoms with Crippen molar-refractivity contribution in [3.63, 3.8) is 0 Å². The zero-order valence-corrected chi connectivity index (χ0v) is 24.1. The van der Waals surface area contributed by atoms with Gasteiger partial charge in [0.15, 0.2) is 0 Å². The molecule has 56 heavy (non-hydrogen) atoms. The number of rotatable bonds is 16. The van der Waals surface area contributed by atoms with Crippen molar-refractivity contribution < 1.29 is 158 Å². The van der Waals surface area contributed by atoms with Crippen molar-refractivity contribution in [1.82, 2.24) is 0 Å². The largest absolute Gasteiger partial charge is 0.438 e. The van der Waals surface area contributed by atoms with Gasteiger partial charge in [0.2, 0.25) is 0 Å². The van der Waals surface area contributed by atoms with Crippen LogP contribution in [0.25, 0.3) is 0 Å². The monoisotopic (exact) mass is 926 g/mol. The highest BCUT2D eigenvalue weighted by Gasteiger charge is 3.02. The summed E-state index contributed by atoms with van der Waals surface area (Å²) in [4.78, 5) is 0. The van der Waals surface area contributed by atoms with Gasteiger partial charge in [-0.25, -0.2) is 4.39 Å². The first-order valence-corrected chi connectivity index (χ1v) is 12.3. The lowest BCUT2D eigenvalue weighted by molar-refractivity contribution is -0.493. The van der Waals surface area contributed by atoms with E-state index in [-0.39, 0.29) is 0 Å². The third-order valence-electron chi connectivity index (χ3n) is 7.29. The molecule has 0 aromatic heterocycles. The highest BCUT2D eigenvalue weighted by Crippen LogP contribution is 2.70. The first kappa shape index (κ1) is 51.5. The van der Waals surface area contributed by atoms with E-state index in [9.17, 15) is 154 Å². The molecule has 1 aliphatic rings. The summed E-state index contributed by atoms with van der Waals surface area (Å²) in [5, 5.41) is 0. The zero-order valence-electron chi connectivity index (χ0n) is 24.1. The SMILES string of the molecule is FC(F)(F)C(F)(C(F)(F)F)C(F)(F)C(F)(F)C(F)(F)C(F)(F)C(F)(F)C(F)(F)C(F)(F)C(F)(F)C(F)(F)C(F)(F)C(F)(F)C(F)(F)C(F)(F)C(F)(F)CC1CO1. The first-order valence-electron chi connectivity index (χ1n) is 12.3. The molecule has 0 bridgehead atoms. The number of hydrogen-bond acceptors (Lipinski definition) is 1. The van der Waals surface area contributed by atoms with Gasteiger partial charge >= 0.3 is 101 Å². The van der Waals surface area contributed by atoms with E-state index >= 15 is 0 Å². The van der Waals surface area contributed by atoms with Crippen LogP contribution in [0.2, 0.25) is 0 Å². The van der Waals surface area contributed by atoms with E-state index in [0.29, 0.717) is 0 Å². The van der Waals surface area contributed by atoms with E-state index < -0.39 is 120 Å². The van der Waals surface area contributed by atoms with Crippen LogP contribution in [0.5, 0.6) is 0 Å². The van der Waals surface area contributed by atoms with Crippen LogP contribution in [0.1, 0.15) is 6.42 Å². The van der Waals surface area contributed by atoms with Gasteiger partial charge in [0.1, 0.15) is 0 Å². The molecule has 1 nitrogen and oxygen atoms in total. The molecule has 0 radical (unpaired) electrons. The molecule has 0 spiro atoms. The van der Waals surface area contributed by atoms with Crippen molar-refractivity contribution in [3.05, 3.63) is 0 Å². The Hall–Kier alpha value is -2.49. The molecule has 0 aromatic carbocycles.